The molecule has 0 aliphatic heterocycles. The zero-order valence-electron chi connectivity index (χ0n) is 10.6. The van der Waals surface area contributed by atoms with Crippen LogP contribution >= 0.6 is 15.9 Å². The maximum Gasteiger partial charge on any atom is 0.275 e. The van der Waals surface area contributed by atoms with Crippen LogP contribution in [-0.4, -0.2) is 14.9 Å². The second kappa shape index (κ2) is 5.34. The highest BCUT2D eigenvalue weighted by atomic mass is 79.9. The summed E-state index contributed by atoms with van der Waals surface area (Å²) in [6.07, 6.45) is 3.01. The fourth-order valence-electron chi connectivity index (χ4n) is 1.93. The lowest BCUT2D eigenvalue weighted by molar-refractivity contribution is -0.385. The topological polar surface area (TPSA) is 81.1 Å². The van der Waals surface area contributed by atoms with Crippen molar-refractivity contribution < 1.29 is 18.4 Å². The summed E-state index contributed by atoms with van der Waals surface area (Å²) in [6.45, 7) is 0. The zero-order chi connectivity index (χ0) is 15.9. The minimum Gasteiger partial charge on any atom is -0.450 e. The first-order valence-electron chi connectivity index (χ1n) is 5.90. The Balaban J connectivity index is 2.09. The molecule has 3 aromatic rings. The van der Waals surface area contributed by atoms with E-state index in [1.165, 1.54) is 12.3 Å². The van der Waals surface area contributed by atoms with Crippen molar-refractivity contribution in [2.75, 3.05) is 0 Å². The molecule has 0 spiro atoms. The molecule has 1 aromatic carbocycles. The number of hydrogen-bond donors (Lipinski definition) is 1. The quantitative estimate of drug-likeness (QED) is 0.551. The van der Waals surface area contributed by atoms with Gasteiger partial charge in [-0.2, -0.15) is 0 Å². The van der Waals surface area contributed by atoms with Crippen LogP contribution in [0.25, 0.3) is 11.0 Å². The Morgan fingerprint density at radius 1 is 1.32 bits per heavy atom. The molecule has 2 heterocycles. The Kier molecular flexibility index (Phi) is 3.49. The highest BCUT2D eigenvalue weighted by molar-refractivity contribution is 9.10. The summed E-state index contributed by atoms with van der Waals surface area (Å²) in [5.74, 6) is -2.89. The number of H-pyrrole nitrogens is 1. The number of hydrogen-bond acceptors (Lipinski definition) is 4. The Morgan fingerprint density at radius 3 is 2.64 bits per heavy atom. The van der Waals surface area contributed by atoms with Gasteiger partial charge in [0.1, 0.15) is 11.4 Å². The predicted octanol–water partition coefficient (Wildman–Crippen LogP) is 4.30. The number of rotatable bonds is 3. The SMILES string of the molecule is O=[N+]([O-])c1cc(F)c(Oc2ccnc3[nH]cc(Br)c23)c(F)c1. The van der Waals surface area contributed by atoms with Gasteiger partial charge in [-0.15, -0.1) is 0 Å². The van der Waals surface area contributed by atoms with Crippen molar-refractivity contribution in [3.8, 4) is 11.5 Å². The van der Waals surface area contributed by atoms with E-state index in [0.717, 1.165) is 0 Å². The molecule has 6 nitrogen and oxygen atoms in total. The largest absolute Gasteiger partial charge is 0.450 e. The van der Waals surface area contributed by atoms with E-state index in [0.29, 0.717) is 27.6 Å². The van der Waals surface area contributed by atoms with Crippen LogP contribution in [0.4, 0.5) is 14.5 Å². The molecule has 1 N–H and O–H groups in total. The van der Waals surface area contributed by atoms with Crippen LogP contribution in [0, 0.1) is 21.7 Å². The summed E-state index contributed by atoms with van der Waals surface area (Å²) in [7, 11) is 0. The Morgan fingerprint density at radius 2 is 2.00 bits per heavy atom. The van der Waals surface area contributed by atoms with E-state index in [1.54, 1.807) is 6.20 Å². The molecule has 112 valence electrons. The monoisotopic (exact) mass is 369 g/mol. The fourth-order valence-corrected chi connectivity index (χ4v) is 2.43. The van der Waals surface area contributed by atoms with Gasteiger partial charge in [0.2, 0.25) is 0 Å². The number of non-ortho nitro benzene ring substituents is 1. The first-order valence-corrected chi connectivity index (χ1v) is 6.69. The van der Waals surface area contributed by atoms with Gasteiger partial charge in [-0.05, 0) is 22.0 Å². The summed E-state index contributed by atoms with van der Waals surface area (Å²) < 4.78 is 33.6. The van der Waals surface area contributed by atoms with Gasteiger partial charge in [0.15, 0.2) is 17.4 Å². The Bertz CT molecular complexity index is 874. The van der Waals surface area contributed by atoms with Crippen LogP contribution in [-0.2, 0) is 0 Å². The van der Waals surface area contributed by atoms with Crippen LogP contribution in [0.3, 0.4) is 0 Å². The first kappa shape index (κ1) is 14.4. The number of ether oxygens (including phenoxy) is 1. The van der Waals surface area contributed by atoms with Crippen LogP contribution in [0.15, 0.2) is 35.1 Å². The van der Waals surface area contributed by atoms with E-state index in [9.17, 15) is 18.9 Å². The van der Waals surface area contributed by atoms with Gasteiger partial charge in [-0.25, -0.2) is 13.8 Å². The molecule has 0 fully saturated rings. The molecular formula is C13H6BrF2N3O3. The molecule has 0 unspecified atom stereocenters. The van der Waals surface area contributed by atoms with Crippen molar-refractivity contribution in [2.45, 2.75) is 0 Å². The highest BCUT2D eigenvalue weighted by Crippen LogP contribution is 2.36. The summed E-state index contributed by atoms with van der Waals surface area (Å²) >= 11 is 3.27. The number of aromatic amines is 1. The smallest absolute Gasteiger partial charge is 0.275 e. The van der Waals surface area contributed by atoms with Crippen LogP contribution in [0.2, 0.25) is 0 Å². The molecule has 0 aliphatic carbocycles. The third-order valence-electron chi connectivity index (χ3n) is 2.89. The Labute approximate surface area is 130 Å². The molecule has 0 amide bonds. The molecule has 3 rings (SSSR count). The summed E-state index contributed by atoms with van der Waals surface area (Å²) in [5, 5.41) is 11.1. The van der Waals surface area contributed by atoms with Gasteiger partial charge in [0, 0.05) is 16.9 Å². The first-order chi connectivity index (χ1) is 10.5. The normalized spacial score (nSPS) is 10.9. The number of pyridine rings is 1. The number of nitro benzene ring substituents is 1. The van der Waals surface area contributed by atoms with Crippen LogP contribution in [0.1, 0.15) is 0 Å². The van der Waals surface area contributed by atoms with E-state index < -0.39 is 28.0 Å². The lowest BCUT2D eigenvalue weighted by atomic mass is 10.2. The third kappa shape index (κ3) is 2.39. The fraction of sp³-hybridized carbons (Fsp3) is 0. The summed E-state index contributed by atoms with van der Waals surface area (Å²) in [6, 6.07) is 2.63. The average molecular weight is 370 g/mol. The van der Waals surface area contributed by atoms with Gasteiger partial charge < -0.3 is 9.72 Å². The predicted molar refractivity (Wildman–Crippen MR) is 76.9 cm³/mol. The minimum absolute atomic E-state index is 0.157. The number of nitro groups is 1. The molecular weight excluding hydrogens is 364 g/mol. The molecule has 2 aromatic heterocycles. The van der Waals surface area contributed by atoms with Crippen molar-refractivity contribution in [2.24, 2.45) is 0 Å². The van der Waals surface area contributed by atoms with Gasteiger partial charge >= 0.3 is 0 Å². The van der Waals surface area contributed by atoms with Crippen LogP contribution in [0.5, 0.6) is 11.5 Å². The maximum absolute atomic E-state index is 13.9. The van der Waals surface area contributed by atoms with Gasteiger partial charge in [-0.1, -0.05) is 0 Å². The van der Waals surface area contributed by atoms with Gasteiger partial charge in [0.25, 0.3) is 5.69 Å². The molecule has 22 heavy (non-hydrogen) atoms. The van der Waals surface area contributed by atoms with Crippen molar-refractivity contribution in [3.63, 3.8) is 0 Å². The van der Waals surface area contributed by atoms with E-state index in [-0.39, 0.29) is 5.75 Å². The lowest BCUT2D eigenvalue weighted by Gasteiger charge is -2.09. The minimum atomic E-state index is -1.16. The average Bonchev–Trinajstić information content (AvgIpc) is 2.85. The van der Waals surface area contributed by atoms with E-state index in [1.807, 2.05) is 0 Å². The number of nitrogens with one attached hydrogen (secondary N) is 1. The standard InChI is InChI=1S/C13H6BrF2N3O3/c14-7-5-18-13-11(7)10(1-2-17-13)22-12-8(15)3-6(19(20)21)4-9(12)16/h1-5H,(H,17,18). The van der Waals surface area contributed by atoms with Crippen molar-refractivity contribution in [3.05, 3.63) is 56.8 Å². The summed E-state index contributed by atoms with van der Waals surface area (Å²) in [4.78, 5) is 16.6. The van der Waals surface area contributed by atoms with Crippen LogP contribution < -0.4 is 4.74 Å². The van der Waals surface area contributed by atoms with E-state index in [4.69, 9.17) is 4.74 Å². The lowest BCUT2D eigenvalue weighted by Crippen LogP contribution is -1.97. The molecule has 0 aliphatic rings. The van der Waals surface area contributed by atoms with Gasteiger partial charge in [0.05, 0.1) is 22.4 Å². The van der Waals surface area contributed by atoms with E-state index in [2.05, 4.69) is 25.9 Å². The number of fused-ring (bicyclic) bond motifs is 1. The number of halogens is 3. The third-order valence-corrected chi connectivity index (χ3v) is 3.52. The van der Waals surface area contributed by atoms with Crippen molar-refractivity contribution in [1.82, 2.24) is 9.97 Å². The number of benzene rings is 1. The van der Waals surface area contributed by atoms with E-state index >= 15 is 0 Å². The molecule has 0 saturated carbocycles. The molecule has 0 radical (unpaired) electrons. The molecule has 0 bridgehead atoms. The van der Waals surface area contributed by atoms with Gasteiger partial charge in [-0.3, -0.25) is 10.1 Å². The molecule has 9 heteroatoms. The Hall–Kier alpha value is -2.55. The zero-order valence-corrected chi connectivity index (χ0v) is 12.2. The second-order valence-corrected chi connectivity index (χ2v) is 5.12. The summed E-state index contributed by atoms with van der Waals surface area (Å²) in [5.41, 5.74) is -0.225. The second-order valence-electron chi connectivity index (χ2n) is 4.27. The maximum atomic E-state index is 13.9. The van der Waals surface area contributed by atoms with Crippen molar-refractivity contribution >= 4 is 32.7 Å². The molecule has 0 atom stereocenters. The number of aromatic nitrogens is 2. The number of nitrogens with zero attached hydrogens (tertiary/aromatic N) is 2. The highest BCUT2D eigenvalue weighted by Gasteiger charge is 2.20. The van der Waals surface area contributed by atoms with Crippen molar-refractivity contribution in [1.29, 1.82) is 0 Å². The molecule has 0 saturated heterocycles.